The molecule has 1 aliphatic carbocycles. The Bertz CT molecular complexity index is 640. The molecule has 2 unspecified atom stereocenters. The predicted molar refractivity (Wildman–Crippen MR) is 82.7 cm³/mol. The van der Waals surface area contributed by atoms with E-state index in [2.05, 4.69) is 22.2 Å². The first-order valence-corrected chi connectivity index (χ1v) is 7.93. The van der Waals surface area contributed by atoms with Crippen molar-refractivity contribution < 1.29 is 9.53 Å². The van der Waals surface area contributed by atoms with Gasteiger partial charge in [0, 0.05) is 31.3 Å². The van der Waals surface area contributed by atoms with Crippen molar-refractivity contribution in [1.29, 1.82) is 0 Å². The molecule has 6 heteroatoms. The lowest BCUT2D eigenvalue weighted by atomic mass is 9.88. The fraction of sp³-hybridized carbons (Fsp3) is 0.562. The number of imidazole rings is 1. The van der Waals surface area contributed by atoms with E-state index in [-0.39, 0.29) is 5.91 Å². The quantitative estimate of drug-likeness (QED) is 0.858. The highest BCUT2D eigenvalue weighted by atomic mass is 16.5. The average molecular weight is 302 g/mol. The second-order valence-electron chi connectivity index (χ2n) is 5.86. The second-order valence-corrected chi connectivity index (χ2v) is 5.86. The fourth-order valence-corrected chi connectivity index (χ4v) is 3.00. The van der Waals surface area contributed by atoms with Gasteiger partial charge in [-0.2, -0.15) is 0 Å². The molecule has 0 saturated heterocycles. The van der Waals surface area contributed by atoms with Gasteiger partial charge in [-0.05, 0) is 18.8 Å². The molecule has 1 amide bonds. The van der Waals surface area contributed by atoms with Gasteiger partial charge >= 0.3 is 0 Å². The lowest BCUT2D eigenvalue weighted by Crippen LogP contribution is -2.32. The summed E-state index contributed by atoms with van der Waals surface area (Å²) in [6, 6.07) is 0. The number of carbonyl (C=O) groups excluding carboxylic acids is 1. The molecule has 1 saturated carbocycles. The third kappa shape index (κ3) is 3.27. The van der Waals surface area contributed by atoms with Crippen LogP contribution in [0.2, 0.25) is 0 Å². The summed E-state index contributed by atoms with van der Waals surface area (Å²) in [6.45, 7) is 3.27. The Balaban J connectivity index is 1.49. The largest absolute Gasteiger partial charge is 0.376 e. The number of aromatic nitrogens is 3. The fourth-order valence-electron chi connectivity index (χ4n) is 3.00. The summed E-state index contributed by atoms with van der Waals surface area (Å²) in [5, 5.41) is 2.86. The molecule has 2 aromatic heterocycles. The Kier molecular flexibility index (Phi) is 4.68. The van der Waals surface area contributed by atoms with Crippen molar-refractivity contribution >= 4 is 11.6 Å². The van der Waals surface area contributed by atoms with Crippen LogP contribution in [0.3, 0.4) is 0 Å². The Hall–Kier alpha value is -1.95. The van der Waals surface area contributed by atoms with Gasteiger partial charge in [-0.15, -0.1) is 0 Å². The van der Waals surface area contributed by atoms with Crippen LogP contribution in [0.1, 0.15) is 43.1 Å². The van der Waals surface area contributed by atoms with E-state index in [0.717, 1.165) is 6.42 Å². The van der Waals surface area contributed by atoms with E-state index >= 15 is 0 Å². The molecule has 2 atom stereocenters. The smallest absolute Gasteiger partial charge is 0.273 e. The summed E-state index contributed by atoms with van der Waals surface area (Å²) < 4.78 is 7.68. The highest BCUT2D eigenvalue weighted by molar-refractivity contribution is 5.97. The third-order valence-electron chi connectivity index (χ3n) is 4.28. The number of hydrogen-bond donors (Lipinski definition) is 1. The minimum absolute atomic E-state index is 0.211. The van der Waals surface area contributed by atoms with Crippen molar-refractivity contribution in [2.75, 3.05) is 13.2 Å². The molecule has 0 aromatic carbocycles. The molecule has 2 heterocycles. The monoisotopic (exact) mass is 302 g/mol. The van der Waals surface area contributed by atoms with Crippen molar-refractivity contribution in [1.82, 2.24) is 19.7 Å². The van der Waals surface area contributed by atoms with Crippen molar-refractivity contribution in [3.63, 3.8) is 0 Å². The molecule has 118 valence electrons. The molecular formula is C16H22N4O2. The van der Waals surface area contributed by atoms with Gasteiger partial charge in [0.1, 0.15) is 0 Å². The first-order chi connectivity index (χ1) is 10.8. The van der Waals surface area contributed by atoms with E-state index in [0.29, 0.717) is 36.5 Å². The molecule has 3 rings (SSSR count). The zero-order valence-electron chi connectivity index (χ0n) is 12.9. The average Bonchev–Trinajstić information content (AvgIpc) is 3.01. The summed E-state index contributed by atoms with van der Waals surface area (Å²) in [5.41, 5.74) is 0.917. The molecule has 22 heavy (non-hydrogen) atoms. The zero-order valence-corrected chi connectivity index (χ0v) is 12.9. The lowest BCUT2D eigenvalue weighted by molar-refractivity contribution is -0.00294. The molecule has 1 fully saturated rings. The van der Waals surface area contributed by atoms with E-state index < -0.39 is 0 Å². The van der Waals surface area contributed by atoms with Gasteiger partial charge < -0.3 is 14.5 Å². The summed E-state index contributed by atoms with van der Waals surface area (Å²) in [7, 11) is 0. The topological polar surface area (TPSA) is 68.5 Å². The lowest BCUT2D eigenvalue weighted by Gasteiger charge is -2.28. The van der Waals surface area contributed by atoms with Crippen LogP contribution in [0.5, 0.6) is 0 Å². The normalized spacial score (nSPS) is 21.9. The Morgan fingerprint density at radius 3 is 2.91 bits per heavy atom. The molecule has 0 radical (unpaired) electrons. The summed E-state index contributed by atoms with van der Waals surface area (Å²) >= 11 is 0. The zero-order chi connectivity index (χ0) is 15.4. The molecule has 1 aliphatic rings. The SMILES string of the molecule is CC1CCCCC1OCCNC(=O)c1nccn2ccnc12. The summed E-state index contributed by atoms with van der Waals surface area (Å²) in [5.74, 6) is 0.405. The maximum absolute atomic E-state index is 12.2. The predicted octanol–water partition coefficient (Wildman–Crippen LogP) is 2.05. The van der Waals surface area contributed by atoms with Gasteiger partial charge in [-0.1, -0.05) is 19.8 Å². The first kappa shape index (κ1) is 15.0. The third-order valence-corrected chi connectivity index (χ3v) is 4.28. The standard InChI is InChI=1S/C16H22N4O2/c1-12-4-2-3-5-13(12)22-11-8-19-16(21)14-15-18-7-10-20(15)9-6-17-14/h6-7,9-10,12-13H,2-5,8,11H2,1H3,(H,19,21). The molecule has 0 bridgehead atoms. The molecular weight excluding hydrogens is 280 g/mol. The van der Waals surface area contributed by atoms with Crippen molar-refractivity contribution in [2.24, 2.45) is 5.92 Å². The van der Waals surface area contributed by atoms with Crippen LogP contribution in [0.4, 0.5) is 0 Å². The Morgan fingerprint density at radius 1 is 1.32 bits per heavy atom. The van der Waals surface area contributed by atoms with E-state index in [1.807, 2.05) is 0 Å². The van der Waals surface area contributed by atoms with E-state index in [1.165, 1.54) is 19.3 Å². The number of nitrogens with zero attached hydrogens (tertiary/aromatic N) is 3. The van der Waals surface area contributed by atoms with Crippen LogP contribution in [-0.2, 0) is 4.74 Å². The number of nitrogens with one attached hydrogen (secondary N) is 1. The highest BCUT2D eigenvalue weighted by Gasteiger charge is 2.21. The van der Waals surface area contributed by atoms with Crippen LogP contribution < -0.4 is 5.32 Å². The van der Waals surface area contributed by atoms with Crippen molar-refractivity contribution in [3.05, 3.63) is 30.5 Å². The van der Waals surface area contributed by atoms with E-state index in [1.54, 1.807) is 29.2 Å². The molecule has 2 aromatic rings. The van der Waals surface area contributed by atoms with Gasteiger partial charge in [0.25, 0.3) is 5.91 Å². The van der Waals surface area contributed by atoms with Gasteiger partial charge in [0.15, 0.2) is 11.3 Å². The van der Waals surface area contributed by atoms with Crippen LogP contribution in [0, 0.1) is 5.92 Å². The van der Waals surface area contributed by atoms with E-state index in [4.69, 9.17) is 4.74 Å². The summed E-state index contributed by atoms with van der Waals surface area (Å²) in [4.78, 5) is 20.5. The highest BCUT2D eigenvalue weighted by Crippen LogP contribution is 2.25. The van der Waals surface area contributed by atoms with Crippen LogP contribution in [0.25, 0.3) is 5.65 Å². The number of fused-ring (bicyclic) bond motifs is 1. The Morgan fingerprint density at radius 2 is 2.09 bits per heavy atom. The van der Waals surface area contributed by atoms with Crippen LogP contribution >= 0.6 is 0 Å². The molecule has 0 spiro atoms. The molecule has 0 aliphatic heterocycles. The summed E-state index contributed by atoms with van der Waals surface area (Å²) in [6.07, 6.45) is 12.1. The first-order valence-electron chi connectivity index (χ1n) is 7.93. The maximum atomic E-state index is 12.2. The molecule has 1 N–H and O–H groups in total. The van der Waals surface area contributed by atoms with Gasteiger partial charge in [0.2, 0.25) is 0 Å². The minimum atomic E-state index is -0.211. The van der Waals surface area contributed by atoms with Crippen molar-refractivity contribution in [2.45, 2.75) is 38.7 Å². The van der Waals surface area contributed by atoms with Gasteiger partial charge in [0.05, 0.1) is 12.7 Å². The number of hydrogen-bond acceptors (Lipinski definition) is 4. The number of amides is 1. The van der Waals surface area contributed by atoms with Crippen LogP contribution in [0.15, 0.2) is 24.8 Å². The minimum Gasteiger partial charge on any atom is -0.376 e. The maximum Gasteiger partial charge on any atom is 0.273 e. The second kappa shape index (κ2) is 6.87. The number of carbonyl (C=O) groups is 1. The number of rotatable bonds is 5. The van der Waals surface area contributed by atoms with Gasteiger partial charge in [-0.3, -0.25) is 4.79 Å². The van der Waals surface area contributed by atoms with Crippen molar-refractivity contribution in [3.8, 4) is 0 Å². The van der Waals surface area contributed by atoms with Gasteiger partial charge in [-0.25, -0.2) is 9.97 Å². The molecule has 6 nitrogen and oxygen atoms in total. The number of ether oxygens (including phenoxy) is 1. The Labute approximate surface area is 129 Å². The van der Waals surface area contributed by atoms with E-state index in [9.17, 15) is 4.79 Å². The van der Waals surface area contributed by atoms with Crippen LogP contribution in [-0.4, -0.2) is 39.5 Å².